The predicted octanol–water partition coefficient (Wildman–Crippen LogP) is -0.0260. The SMILES string of the molecule is O=S(=O)(CCS)CC(CS)S(=O)(=O)CCS. The van der Waals surface area contributed by atoms with Crippen molar-refractivity contribution in [3.63, 3.8) is 0 Å². The Kier molecular flexibility index (Phi) is 7.84. The molecular weight excluding hydrogens is 308 g/mol. The topological polar surface area (TPSA) is 68.3 Å². The third kappa shape index (κ3) is 6.04. The third-order valence-corrected chi connectivity index (χ3v) is 7.74. The van der Waals surface area contributed by atoms with E-state index in [2.05, 4.69) is 37.9 Å². The van der Waals surface area contributed by atoms with Gasteiger partial charge in [-0.2, -0.15) is 37.9 Å². The molecule has 0 saturated carbocycles. The van der Waals surface area contributed by atoms with Gasteiger partial charge >= 0.3 is 0 Å². The van der Waals surface area contributed by atoms with Crippen LogP contribution in [0, 0.1) is 0 Å². The lowest BCUT2D eigenvalue weighted by atomic mass is 10.5. The van der Waals surface area contributed by atoms with Crippen LogP contribution in [0.2, 0.25) is 0 Å². The fourth-order valence-electron chi connectivity index (χ4n) is 1.07. The molecule has 0 N–H and O–H groups in total. The Bertz CT molecular complexity index is 385. The maximum atomic E-state index is 11.7. The Labute approximate surface area is 114 Å². The number of rotatable bonds is 8. The first kappa shape index (κ1) is 16.9. The molecular formula is C7H16O4S5. The van der Waals surface area contributed by atoms with E-state index in [-0.39, 0.29) is 34.5 Å². The van der Waals surface area contributed by atoms with Crippen LogP contribution in [-0.4, -0.2) is 56.6 Å². The van der Waals surface area contributed by atoms with Gasteiger partial charge in [0.2, 0.25) is 0 Å². The van der Waals surface area contributed by atoms with Crippen molar-refractivity contribution < 1.29 is 16.8 Å². The quantitative estimate of drug-likeness (QED) is 0.549. The fourth-order valence-corrected chi connectivity index (χ4v) is 7.05. The van der Waals surface area contributed by atoms with Crippen molar-refractivity contribution in [2.24, 2.45) is 0 Å². The highest BCUT2D eigenvalue weighted by Crippen LogP contribution is 2.10. The van der Waals surface area contributed by atoms with Crippen LogP contribution in [0.4, 0.5) is 0 Å². The van der Waals surface area contributed by atoms with Crippen molar-refractivity contribution in [2.75, 3.05) is 34.5 Å². The first-order valence-corrected chi connectivity index (χ1v) is 9.97. The smallest absolute Gasteiger partial charge is 0.155 e. The predicted molar refractivity (Wildman–Crippen MR) is 77.8 cm³/mol. The van der Waals surface area contributed by atoms with E-state index in [0.717, 1.165) is 0 Å². The van der Waals surface area contributed by atoms with Gasteiger partial charge in [-0.15, -0.1) is 0 Å². The first-order chi connectivity index (χ1) is 7.29. The van der Waals surface area contributed by atoms with Crippen LogP contribution >= 0.6 is 37.9 Å². The Balaban J connectivity index is 4.78. The van der Waals surface area contributed by atoms with Crippen LogP contribution in [0.25, 0.3) is 0 Å². The summed E-state index contributed by atoms with van der Waals surface area (Å²) in [5, 5.41) is -0.951. The minimum absolute atomic E-state index is 0.00190. The minimum atomic E-state index is -3.43. The van der Waals surface area contributed by atoms with Gasteiger partial charge in [0.15, 0.2) is 19.7 Å². The van der Waals surface area contributed by atoms with E-state index in [9.17, 15) is 16.8 Å². The summed E-state index contributed by atoms with van der Waals surface area (Å²) in [6.07, 6.45) is 0. The summed E-state index contributed by atoms with van der Waals surface area (Å²) >= 11 is 11.5. The molecule has 4 nitrogen and oxygen atoms in total. The summed E-state index contributed by atoms with van der Waals surface area (Å²) in [7, 11) is -6.80. The molecule has 9 heteroatoms. The maximum absolute atomic E-state index is 11.7. The van der Waals surface area contributed by atoms with Gasteiger partial charge in [0, 0.05) is 17.3 Å². The molecule has 98 valence electrons. The standard InChI is InChI=1S/C7H16O4S5/c8-15(9,3-1-12)6-7(5-14)16(10,11)4-2-13/h7,12-14H,1-6H2. The average Bonchev–Trinajstić information content (AvgIpc) is 2.13. The van der Waals surface area contributed by atoms with E-state index in [1.165, 1.54) is 0 Å². The highest BCUT2D eigenvalue weighted by Gasteiger charge is 2.28. The molecule has 0 radical (unpaired) electrons. The van der Waals surface area contributed by atoms with Crippen molar-refractivity contribution in [3.05, 3.63) is 0 Å². The zero-order valence-electron chi connectivity index (χ0n) is 8.61. The molecule has 0 heterocycles. The summed E-state index contributed by atoms with van der Waals surface area (Å²) in [5.74, 6) is -0.253. The third-order valence-electron chi connectivity index (χ3n) is 1.93. The molecule has 0 saturated heterocycles. The first-order valence-electron chi connectivity index (χ1n) is 4.53. The van der Waals surface area contributed by atoms with Gasteiger partial charge in [0.25, 0.3) is 0 Å². The van der Waals surface area contributed by atoms with Crippen molar-refractivity contribution >= 4 is 57.6 Å². The molecule has 0 bridgehead atoms. The maximum Gasteiger partial charge on any atom is 0.155 e. The second-order valence-corrected chi connectivity index (χ2v) is 9.12. The highest BCUT2D eigenvalue weighted by atomic mass is 32.2. The largest absolute Gasteiger partial charge is 0.229 e. The monoisotopic (exact) mass is 324 g/mol. The van der Waals surface area contributed by atoms with E-state index in [0.29, 0.717) is 0 Å². The molecule has 1 atom stereocenters. The van der Waals surface area contributed by atoms with E-state index >= 15 is 0 Å². The Morgan fingerprint density at radius 1 is 0.875 bits per heavy atom. The lowest BCUT2D eigenvalue weighted by molar-refractivity contribution is 0.579. The molecule has 0 fully saturated rings. The zero-order chi connectivity index (χ0) is 12.8. The molecule has 0 aromatic heterocycles. The van der Waals surface area contributed by atoms with Crippen LogP contribution in [-0.2, 0) is 19.7 Å². The summed E-state index contributed by atoms with van der Waals surface area (Å²) in [6.45, 7) is 0. The summed E-state index contributed by atoms with van der Waals surface area (Å²) in [4.78, 5) is 0. The van der Waals surface area contributed by atoms with Crippen molar-refractivity contribution in [1.82, 2.24) is 0 Å². The number of hydrogen-bond donors (Lipinski definition) is 3. The van der Waals surface area contributed by atoms with Crippen LogP contribution in [0.1, 0.15) is 0 Å². The molecule has 0 amide bonds. The molecule has 1 unspecified atom stereocenters. The molecule has 0 spiro atoms. The highest BCUT2D eigenvalue weighted by molar-refractivity contribution is 7.97. The van der Waals surface area contributed by atoms with Gasteiger partial charge in [0.05, 0.1) is 22.5 Å². The number of thiol groups is 3. The average molecular weight is 325 g/mol. The van der Waals surface area contributed by atoms with E-state index in [1.54, 1.807) is 0 Å². The van der Waals surface area contributed by atoms with Crippen molar-refractivity contribution in [2.45, 2.75) is 5.25 Å². The number of hydrogen-bond acceptors (Lipinski definition) is 7. The second-order valence-electron chi connectivity index (χ2n) is 3.23. The molecule has 0 aromatic rings. The van der Waals surface area contributed by atoms with Crippen LogP contribution in [0.5, 0.6) is 0 Å². The lowest BCUT2D eigenvalue weighted by Crippen LogP contribution is -2.34. The van der Waals surface area contributed by atoms with Crippen LogP contribution < -0.4 is 0 Å². The molecule has 0 rings (SSSR count). The van der Waals surface area contributed by atoms with E-state index in [4.69, 9.17) is 0 Å². The van der Waals surface area contributed by atoms with Gasteiger partial charge in [-0.25, -0.2) is 16.8 Å². The van der Waals surface area contributed by atoms with Crippen molar-refractivity contribution in [3.8, 4) is 0 Å². The Hall–Kier alpha value is 0.950. The summed E-state index contributed by atoms with van der Waals surface area (Å²) < 4.78 is 46.3. The van der Waals surface area contributed by atoms with Gasteiger partial charge in [0.1, 0.15) is 0 Å². The Morgan fingerprint density at radius 2 is 1.38 bits per heavy atom. The molecule has 0 aliphatic rings. The molecule has 0 aliphatic heterocycles. The Morgan fingerprint density at radius 3 is 1.75 bits per heavy atom. The minimum Gasteiger partial charge on any atom is -0.229 e. The van der Waals surface area contributed by atoms with E-state index in [1.807, 2.05) is 0 Å². The van der Waals surface area contributed by atoms with E-state index < -0.39 is 24.9 Å². The van der Waals surface area contributed by atoms with Gasteiger partial charge in [-0.3, -0.25) is 0 Å². The molecule has 0 aliphatic carbocycles. The normalized spacial score (nSPS) is 14.9. The summed E-state index contributed by atoms with van der Waals surface area (Å²) in [6, 6.07) is 0. The lowest BCUT2D eigenvalue weighted by Gasteiger charge is -2.14. The molecule has 16 heavy (non-hydrogen) atoms. The summed E-state index contributed by atoms with van der Waals surface area (Å²) in [5.41, 5.74) is 0. The van der Waals surface area contributed by atoms with Crippen LogP contribution in [0.15, 0.2) is 0 Å². The van der Waals surface area contributed by atoms with Gasteiger partial charge in [-0.1, -0.05) is 0 Å². The number of sulfone groups is 2. The fraction of sp³-hybridized carbons (Fsp3) is 1.00. The molecule has 0 aromatic carbocycles. The zero-order valence-corrected chi connectivity index (χ0v) is 12.9. The van der Waals surface area contributed by atoms with Gasteiger partial charge in [-0.05, 0) is 0 Å². The second kappa shape index (κ2) is 7.40. The van der Waals surface area contributed by atoms with Gasteiger partial charge < -0.3 is 0 Å². The van der Waals surface area contributed by atoms with Crippen molar-refractivity contribution in [1.29, 1.82) is 0 Å². The van der Waals surface area contributed by atoms with Crippen LogP contribution in [0.3, 0.4) is 0 Å².